The second-order valence-corrected chi connectivity index (χ2v) is 5.34. The predicted octanol–water partition coefficient (Wildman–Crippen LogP) is 3.04. The van der Waals surface area contributed by atoms with Gasteiger partial charge in [0.15, 0.2) is 0 Å². The molecule has 1 heterocycles. The van der Waals surface area contributed by atoms with Crippen molar-refractivity contribution in [1.82, 2.24) is 10.2 Å². The van der Waals surface area contributed by atoms with Crippen LogP contribution in [-0.4, -0.2) is 30.6 Å². The molecule has 1 fully saturated rings. The molecule has 1 atom stereocenters. The minimum Gasteiger partial charge on any atom is -0.310 e. The van der Waals surface area contributed by atoms with Crippen molar-refractivity contribution >= 4 is 0 Å². The third-order valence-corrected chi connectivity index (χ3v) is 3.80. The normalized spacial score (nSPS) is 21.7. The molecule has 0 aliphatic carbocycles. The van der Waals surface area contributed by atoms with Crippen LogP contribution >= 0.6 is 0 Å². The molecule has 0 bridgehead atoms. The molecule has 1 aliphatic rings. The van der Waals surface area contributed by atoms with Crippen LogP contribution in [0.15, 0.2) is 30.3 Å². The van der Waals surface area contributed by atoms with Crippen LogP contribution in [0.25, 0.3) is 0 Å². The summed E-state index contributed by atoms with van der Waals surface area (Å²) in [6.45, 7) is 7.11. The van der Waals surface area contributed by atoms with E-state index < -0.39 is 0 Å². The van der Waals surface area contributed by atoms with Crippen LogP contribution < -0.4 is 5.32 Å². The second kappa shape index (κ2) is 7.55. The quantitative estimate of drug-likeness (QED) is 0.859. The Bertz CT molecular complexity index is 323. The van der Waals surface area contributed by atoms with Gasteiger partial charge in [0, 0.05) is 12.6 Å². The van der Waals surface area contributed by atoms with Crippen molar-refractivity contribution in [3.8, 4) is 0 Å². The van der Waals surface area contributed by atoms with Gasteiger partial charge >= 0.3 is 0 Å². The van der Waals surface area contributed by atoms with Gasteiger partial charge in [-0.15, -0.1) is 0 Å². The van der Waals surface area contributed by atoms with Gasteiger partial charge in [0.25, 0.3) is 0 Å². The van der Waals surface area contributed by atoms with Crippen LogP contribution in [0.4, 0.5) is 0 Å². The number of nitrogens with one attached hydrogen (secondary N) is 1. The molecule has 0 amide bonds. The summed E-state index contributed by atoms with van der Waals surface area (Å²) in [7, 11) is 0. The van der Waals surface area contributed by atoms with E-state index >= 15 is 0 Å². The molecule has 1 saturated heterocycles. The monoisotopic (exact) mass is 246 g/mol. The highest BCUT2D eigenvalue weighted by Crippen LogP contribution is 2.12. The molecular formula is C16H26N2. The fourth-order valence-corrected chi connectivity index (χ4v) is 2.76. The highest BCUT2D eigenvalue weighted by atomic mass is 15.1. The van der Waals surface area contributed by atoms with Crippen molar-refractivity contribution in [3.63, 3.8) is 0 Å². The maximum absolute atomic E-state index is 3.71. The van der Waals surface area contributed by atoms with E-state index in [1.807, 2.05) is 0 Å². The van der Waals surface area contributed by atoms with E-state index in [0.717, 1.165) is 6.54 Å². The van der Waals surface area contributed by atoms with Crippen LogP contribution in [0.1, 0.15) is 38.2 Å². The van der Waals surface area contributed by atoms with Crippen molar-refractivity contribution in [2.45, 2.75) is 45.2 Å². The topological polar surface area (TPSA) is 15.3 Å². The standard InChI is InChI=1S/C16H26N2/c1-2-11-18-12-6-9-16(10-13-18)17-14-15-7-4-3-5-8-15/h3-5,7-8,16-17H,2,6,9-14H2,1H3. The lowest BCUT2D eigenvalue weighted by Crippen LogP contribution is -2.30. The molecule has 0 spiro atoms. The summed E-state index contributed by atoms with van der Waals surface area (Å²) in [4.78, 5) is 2.62. The smallest absolute Gasteiger partial charge is 0.0208 e. The summed E-state index contributed by atoms with van der Waals surface area (Å²) in [5.41, 5.74) is 1.40. The van der Waals surface area contributed by atoms with Gasteiger partial charge in [-0.25, -0.2) is 0 Å². The average molecular weight is 246 g/mol. The lowest BCUT2D eigenvalue weighted by atomic mass is 10.1. The summed E-state index contributed by atoms with van der Waals surface area (Å²) in [5, 5.41) is 3.71. The predicted molar refractivity (Wildman–Crippen MR) is 77.7 cm³/mol. The Kier molecular flexibility index (Phi) is 5.69. The Labute approximate surface area is 111 Å². The summed E-state index contributed by atoms with van der Waals surface area (Å²) >= 11 is 0. The van der Waals surface area contributed by atoms with Crippen LogP contribution in [0, 0.1) is 0 Å². The van der Waals surface area contributed by atoms with E-state index in [0.29, 0.717) is 6.04 Å². The lowest BCUT2D eigenvalue weighted by Gasteiger charge is -2.19. The molecule has 2 rings (SSSR count). The first-order valence-electron chi connectivity index (χ1n) is 7.38. The largest absolute Gasteiger partial charge is 0.310 e. The van der Waals surface area contributed by atoms with Crippen molar-refractivity contribution in [3.05, 3.63) is 35.9 Å². The highest BCUT2D eigenvalue weighted by Gasteiger charge is 2.15. The van der Waals surface area contributed by atoms with Gasteiger partial charge in [-0.05, 0) is 50.9 Å². The van der Waals surface area contributed by atoms with Crippen LogP contribution in [0.3, 0.4) is 0 Å². The zero-order chi connectivity index (χ0) is 12.6. The fraction of sp³-hybridized carbons (Fsp3) is 0.625. The van der Waals surface area contributed by atoms with Crippen molar-refractivity contribution in [2.24, 2.45) is 0 Å². The van der Waals surface area contributed by atoms with E-state index in [-0.39, 0.29) is 0 Å². The third kappa shape index (κ3) is 4.43. The van der Waals surface area contributed by atoms with Crippen molar-refractivity contribution < 1.29 is 0 Å². The lowest BCUT2D eigenvalue weighted by molar-refractivity contribution is 0.282. The van der Waals surface area contributed by atoms with Crippen molar-refractivity contribution in [1.29, 1.82) is 0 Å². The minimum atomic E-state index is 0.701. The zero-order valence-corrected chi connectivity index (χ0v) is 11.6. The molecule has 0 radical (unpaired) electrons. The van der Waals surface area contributed by atoms with E-state index in [9.17, 15) is 0 Å². The first-order valence-corrected chi connectivity index (χ1v) is 7.38. The first-order chi connectivity index (χ1) is 8.88. The second-order valence-electron chi connectivity index (χ2n) is 5.34. The molecule has 18 heavy (non-hydrogen) atoms. The zero-order valence-electron chi connectivity index (χ0n) is 11.6. The maximum Gasteiger partial charge on any atom is 0.0208 e. The Balaban J connectivity index is 1.73. The summed E-state index contributed by atoms with van der Waals surface area (Å²) in [6.07, 6.45) is 5.24. The summed E-state index contributed by atoms with van der Waals surface area (Å²) in [6, 6.07) is 11.4. The van der Waals surface area contributed by atoms with Gasteiger partial charge in [-0.1, -0.05) is 37.3 Å². The summed E-state index contributed by atoms with van der Waals surface area (Å²) in [5.74, 6) is 0. The number of likely N-dealkylation sites (tertiary alicyclic amines) is 1. The van der Waals surface area contributed by atoms with Crippen LogP contribution in [-0.2, 0) is 6.54 Å². The van der Waals surface area contributed by atoms with Gasteiger partial charge in [0.1, 0.15) is 0 Å². The Morgan fingerprint density at radius 3 is 2.78 bits per heavy atom. The number of hydrogen-bond acceptors (Lipinski definition) is 2. The molecule has 2 nitrogen and oxygen atoms in total. The molecule has 0 aromatic heterocycles. The van der Waals surface area contributed by atoms with Gasteiger partial charge in [0.05, 0.1) is 0 Å². The first kappa shape index (κ1) is 13.6. The Morgan fingerprint density at radius 2 is 2.00 bits per heavy atom. The molecule has 100 valence electrons. The molecule has 2 heteroatoms. The van der Waals surface area contributed by atoms with E-state index in [2.05, 4.69) is 47.5 Å². The van der Waals surface area contributed by atoms with Gasteiger partial charge in [-0.2, -0.15) is 0 Å². The molecular weight excluding hydrogens is 220 g/mol. The van der Waals surface area contributed by atoms with E-state index in [1.165, 1.54) is 50.9 Å². The number of rotatable bonds is 5. The molecule has 1 N–H and O–H groups in total. The Morgan fingerprint density at radius 1 is 1.17 bits per heavy atom. The fourth-order valence-electron chi connectivity index (χ4n) is 2.76. The third-order valence-electron chi connectivity index (χ3n) is 3.80. The SMILES string of the molecule is CCCN1CCCC(NCc2ccccc2)CC1. The van der Waals surface area contributed by atoms with E-state index in [1.54, 1.807) is 0 Å². The minimum absolute atomic E-state index is 0.701. The van der Waals surface area contributed by atoms with Gasteiger partial charge in [-0.3, -0.25) is 0 Å². The number of nitrogens with zero attached hydrogens (tertiary/aromatic N) is 1. The maximum atomic E-state index is 3.71. The van der Waals surface area contributed by atoms with E-state index in [4.69, 9.17) is 0 Å². The number of hydrogen-bond donors (Lipinski definition) is 1. The molecule has 0 saturated carbocycles. The average Bonchev–Trinajstić information content (AvgIpc) is 2.64. The van der Waals surface area contributed by atoms with Gasteiger partial charge in [0.2, 0.25) is 0 Å². The molecule has 1 unspecified atom stereocenters. The molecule has 1 aromatic rings. The molecule has 1 aromatic carbocycles. The number of benzene rings is 1. The van der Waals surface area contributed by atoms with Crippen LogP contribution in [0.5, 0.6) is 0 Å². The summed E-state index contributed by atoms with van der Waals surface area (Å²) < 4.78 is 0. The van der Waals surface area contributed by atoms with Crippen LogP contribution in [0.2, 0.25) is 0 Å². The van der Waals surface area contributed by atoms with Crippen molar-refractivity contribution in [2.75, 3.05) is 19.6 Å². The molecule has 1 aliphatic heterocycles. The highest BCUT2D eigenvalue weighted by molar-refractivity contribution is 5.14. The van der Waals surface area contributed by atoms with Gasteiger partial charge < -0.3 is 10.2 Å². The Hall–Kier alpha value is -0.860.